The zero-order valence-electron chi connectivity index (χ0n) is 8.77. The predicted octanol–water partition coefficient (Wildman–Crippen LogP) is 2.45. The maximum atomic E-state index is 10.8. The van der Waals surface area contributed by atoms with Gasteiger partial charge in [-0.05, 0) is 34.5 Å². The Hall–Kier alpha value is -1.36. The molecule has 5 heteroatoms. The van der Waals surface area contributed by atoms with Crippen LogP contribution in [0.4, 0.5) is 0 Å². The predicted molar refractivity (Wildman–Crippen MR) is 64.4 cm³/mol. The lowest BCUT2D eigenvalue weighted by Crippen LogP contribution is -2.00. The van der Waals surface area contributed by atoms with Crippen LogP contribution < -0.4 is 0 Å². The molecule has 1 aromatic carbocycles. The zero-order valence-corrected chi connectivity index (χ0v) is 10.4. The fourth-order valence-corrected chi connectivity index (χ4v) is 2.52. The molecule has 2 rings (SSSR count). The minimum Gasteiger partial charge on any atom is -0.481 e. The van der Waals surface area contributed by atoms with Crippen molar-refractivity contribution in [3.05, 3.63) is 28.4 Å². The van der Waals surface area contributed by atoms with Gasteiger partial charge in [0.1, 0.15) is 4.60 Å². The molecule has 0 spiro atoms. The third kappa shape index (κ3) is 1.82. The highest BCUT2D eigenvalue weighted by atomic mass is 79.9. The van der Waals surface area contributed by atoms with Gasteiger partial charge in [0.15, 0.2) is 0 Å². The highest BCUT2D eigenvalue weighted by molar-refractivity contribution is 9.10. The van der Waals surface area contributed by atoms with Crippen molar-refractivity contribution in [3.8, 4) is 0 Å². The monoisotopic (exact) mass is 282 g/mol. The Morgan fingerprint density at radius 1 is 1.56 bits per heavy atom. The van der Waals surface area contributed by atoms with Crippen molar-refractivity contribution in [2.75, 3.05) is 0 Å². The maximum absolute atomic E-state index is 10.8. The molecule has 0 unspecified atom stereocenters. The van der Waals surface area contributed by atoms with Crippen LogP contribution in [0.2, 0.25) is 0 Å². The molecule has 2 aromatic rings. The van der Waals surface area contributed by atoms with Gasteiger partial charge >= 0.3 is 5.97 Å². The first-order valence-electron chi connectivity index (χ1n) is 4.99. The molecule has 0 fully saturated rings. The number of hydrogen-bond donors (Lipinski definition) is 1. The van der Waals surface area contributed by atoms with Crippen LogP contribution in [0.5, 0.6) is 0 Å². The molecule has 1 N–H and O–H groups in total. The summed E-state index contributed by atoms with van der Waals surface area (Å²) < 4.78 is 2.66. The summed E-state index contributed by atoms with van der Waals surface area (Å²) in [6.07, 6.45) is 0.0192. The van der Waals surface area contributed by atoms with Crippen LogP contribution >= 0.6 is 15.9 Å². The molecule has 1 heterocycles. The summed E-state index contributed by atoms with van der Waals surface area (Å²) in [5, 5.41) is 14.1. The van der Waals surface area contributed by atoms with Gasteiger partial charge in [0.2, 0.25) is 0 Å². The number of aromatic nitrogens is 2. The number of hydrogen-bond acceptors (Lipinski definition) is 2. The molecular weight excluding hydrogens is 272 g/mol. The van der Waals surface area contributed by atoms with Crippen LogP contribution in [0.3, 0.4) is 0 Å². The second-order valence-electron chi connectivity index (χ2n) is 3.49. The summed E-state index contributed by atoms with van der Waals surface area (Å²) in [4.78, 5) is 10.8. The largest absolute Gasteiger partial charge is 0.481 e. The molecule has 0 saturated carbocycles. The molecule has 16 heavy (non-hydrogen) atoms. The number of halogens is 1. The Morgan fingerprint density at radius 2 is 2.31 bits per heavy atom. The lowest BCUT2D eigenvalue weighted by molar-refractivity contribution is -0.136. The number of aryl methyl sites for hydroxylation is 1. The normalized spacial score (nSPS) is 10.9. The van der Waals surface area contributed by atoms with Crippen molar-refractivity contribution in [1.29, 1.82) is 0 Å². The Kier molecular flexibility index (Phi) is 2.96. The van der Waals surface area contributed by atoms with Gasteiger partial charge in [-0.1, -0.05) is 12.1 Å². The Bertz CT molecular complexity index is 548. The highest BCUT2D eigenvalue weighted by Crippen LogP contribution is 2.27. The van der Waals surface area contributed by atoms with Crippen LogP contribution in [0, 0.1) is 0 Å². The van der Waals surface area contributed by atoms with Gasteiger partial charge in [0.25, 0.3) is 0 Å². The van der Waals surface area contributed by atoms with Crippen molar-refractivity contribution in [2.45, 2.75) is 19.9 Å². The van der Waals surface area contributed by atoms with E-state index in [4.69, 9.17) is 5.11 Å². The molecule has 0 amide bonds. The molecule has 1 aromatic heterocycles. The quantitative estimate of drug-likeness (QED) is 0.941. The third-order valence-corrected chi connectivity index (χ3v) is 3.24. The summed E-state index contributed by atoms with van der Waals surface area (Å²) in [6, 6.07) is 5.54. The fourth-order valence-electron chi connectivity index (χ4n) is 1.73. The number of aliphatic carboxylic acids is 1. The van der Waals surface area contributed by atoms with E-state index in [1.807, 2.05) is 29.8 Å². The van der Waals surface area contributed by atoms with Crippen molar-refractivity contribution in [3.63, 3.8) is 0 Å². The average Bonchev–Trinajstić information content (AvgIpc) is 2.56. The first kappa shape index (κ1) is 11.1. The summed E-state index contributed by atoms with van der Waals surface area (Å²) in [5.41, 5.74) is 1.61. The van der Waals surface area contributed by atoms with E-state index in [0.717, 1.165) is 27.6 Å². The molecule has 0 aliphatic rings. The van der Waals surface area contributed by atoms with Gasteiger partial charge in [-0.15, -0.1) is 0 Å². The van der Waals surface area contributed by atoms with Crippen LogP contribution in [0.25, 0.3) is 10.9 Å². The van der Waals surface area contributed by atoms with E-state index in [1.165, 1.54) is 0 Å². The Balaban J connectivity index is 2.65. The summed E-state index contributed by atoms with van der Waals surface area (Å²) in [6.45, 7) is 2.75. The maximum Gasteiger partial charge on any atom is 0.307 e. The van der Waals surface area contributed by atoms with Crippen LogP contribution in [-0.4, -0.2) is 20.9 Å². The average molecular weight is 283 g/mol. The summed E-state index contributed by atoms with van der Waals surface area (Å²) >= 11 is 3.46. The minimum atomic E-state index is -0.830. The Morgan fingerprint density at radius 3 is 2.94 bits per heavy atom. The van der Waals surface area contributed by atoms with Gasteiger partial charge in [-0.25, -0.2) is 0 Å². The van der Waals surface area contributed by atoms with Gasteiger partial charge in [-0.3, -0.25) is 9.48 Å². The lowest BCUT2D eigenvalue weighted by Gasteiger charge is -2.00. The summed E-state index contributed by atoms with van der Waals surface area (Å²) in [7, 11) is 0. The van der Waals surface area contributed by atoms with E-state index in [9.17, 15) is 4.79 Å². The molecule has 0 atom stereocenters. The molecule has 84 valence electrons. The standard InChI is InChI=1S/C11H11BrN2O2/c1-2-14-11(12)10-7(6-9(15)16)4-3-5-8(10)13-14/h3-5H,2,6H2,1H3,(H,15,16). The molecule has 0 aliphatic heterocycles. The molecule has 4 nitrogen and oxygen atoms in total. The minimum absolute atomic E-state index is 0.0192. The van der Waals surface area contributed by atoms with E-state index < -0.39 is 5.97 Å². The van der Waals surface area contributed by atoms with Crippen molar-refractivity contribution < 1.29 is 9.90 Å². The van der Waals surface area contributed by atoms with Crippen LogP contribution in [-0.2, 0) is 17.8 Å². The number of carboxylic acids is 1. The van der Waals surface area contributed by atoms with Gasteiger partial charge in [-0.2, -0.15) is 5.10 Å². The molecule has 0 aliphatic carbocycles. The van der Waals surface area contributed by atoms with Gasteiger partial charge in [0.05, 0.1) is 11.9 Å². The topological polar surface area (TPSA) is 55.1 Å². The van der Waals surface area contributed by atoms with E-state index in [2.05, 4.69) is 21.0 Å². The summed E-state index contributed by atoms with van der Waals surface area (Å²) in [5.74, 6) is -0.830. The number of fused-ring (bicyclic) bond motifs is 1. The van der Waals surface area contributed by atoms with E-state index in [0.29, 0.717) is 0 Å². The third-order valence-electron chi connectivity index (χ3n) is 2.43. The zero-order chi connectivity index (χ0) is 11.7. The van der Waals surface area contributed by atoms with E-state index in [1.54, 1.807) is 0 Å². The lowest BCUT2D eigenvalue weighted by atomic mass is 10.1. The second kappa shape index (κ2) is 4.25. The molecule has 0 radical (unpaired) electrons. The van der Waals surface area contributed by atoms with Crippen molar-refractivity contribution in [1.82, 2.24) is 9.78 Å². The first-order valence-corrected chi connectivity index (χ1v) is 5.78. The smallest absolute Gasteiger partial charge is 0.307 e. The van der Waals surface area contributed by atoms with E-state index in [-0.39, 0.29) is 6.42 Å². The van der Waals surface area contributed by atoms with E-state index >= 15 is 0 Å². The number of rotatable bonds is 3. The molecule has 0 saturated heterocycles. The Labute approximate surface area is 101 Å². The van der Waals surface area contributed by atoms with Gasteiger partial charge < -0.3 is 5.11 Å². The second-order valence-corrected chi connectivity index (χ2v) is 4.24. The fraction of sp³-hybridized carbons (Fsp3) is 0.273. The highest BCUT2D eigenvalue weighted by Gasteiger charge is 2.13. The number of nitrogens with zero attached hydrogens (tertiary/aromatic N) is 2. The van der Waals surface area contributed by atoms with Crippen LogP contribution in [0.1, 0.15) is 12.5 Å². The molecular formula is C11H11BrN2O2. The van der Waals surface area contributed by atoms with Crippen molar-refractivity contribution >= 4 is 32.8 Å². The number of benzene rings is 1. The van der Waals surface area contributed by atoms with Crippen molar-refractivity contribution in [2.24, 2.45) is 0 Å². The SMILES string of the molecule is CCn1nc2cccc(CC(=O)O)c2c1Br. The number of carbonyl (C=O) groups is 1. The first-order chi connectivity index (χ1) is 7.63. The van der Waals surface area contributed by atoms with Crippen LogP contribution in [0.15, 0.2) is 22.8 Å². The molecule has 0 bridgehead atoms. The number of carboxylic acid groups (broad SMARTS) is 1. The van der Waals surface area contributed by atoms with Gasteiger partial charge in [0, 0.05) is 11.9 Å².